The Bertz CT molecular complexity index is 641. The second kappa shape index (κ2) is 6.58. The van der Waals surface area contributed by atoms with Gasteiger partial charge in [-0.15, -0.1) is 0 Å². The standard InChI is InChI=1S/C17H18N2O3/c20-16(13-6-7-13)15-10-14(8-9-18-15)19-17(21)22-11-12-4-2-1-3-5-12/h1-5,8-10,13,16,20H,6-7,11H2,(H,18,19,21)/t16-/m1/s1. The van der Waals surface area contributed by atoms with E-state index in [1.807, 2.05) is 30.3 Å². The Hall–Kier alpha value is -2.40. The zero-order valence-corrected chi connectivity index (χ0v) is 12.1. The van der Waals surface area contributed by atoms with Crippen molar-refractivity contribution in [2.45, 2.75) is 25.6 Å². The van der Waals surface area contributed by atoms with Crippen LogP contribution in [0.25, 0.3) is 0 Å². The third kappa shape index (κ3) is 3.83. The fraction of sp³-hybridized carbons (Fsp3) is 0.294. The summed E-state index contributed by atoms with van der Waals surface area (Å²) < 4.78 is 5.16. The average Bonchev–Trinajstić information content (AvgIpc) is 3.38. The van der Waals surface area contributed by atoms with Gasteiger partial charge in [-0.05, 0) is 36.5 Å². The molecule has 0 bridgehead atoms. The van der Waals surface area contributed by atoms with Crippen LogP contribution in [0.15, 0.2) is 48.7 Å². The Kier molecular flexibility index (Phi) is 4.34. The number of carbonyl (C=O) groups excluding carboxylic acids is 1. The molecule has 3 rings (SSSR count). The predicted octanol–water partition coefficient (Wildman–Crippen LogP) is 3.27. The molecule has 1 atom stereocenters. The van der Waals surface area contributed by atoms with Gasteiger partial charge in [-0.2, -0.15) is 0 Å². The summed E-state index contributed by atoms with van der Waals surface area (Å²) >= 11 is 0. The molecule has 1 aromatic carbocycles. The molecule has 2 aromatic rings. The van der Waals surface area contributed by atoms with Crippen LogP contribution in [-0.4, -0.2) is 16.2 Å². The molecule has 0 radical (unpaired) electrons. The number of nitrogens with one attached hydrogen (secondary N) is 1. The van der Waals surface area contributed by atoms with Gasteiger partial charge in [0.15, 0.2) is 0 Å². The molecule has 1 aliphatic carbocycles. The topological polar surface area (TPSA) is 71.5 Å². The summed E-state index contributed by atoms with van der Waals surface area (Å²) in [5, 5.41) is 12.7. The normalized spacial score (nSPS) is 15.1. The lowest BCUT2D eigenvalue weighted by molar-refractivity contribution is 0.149. The third-order valence-corrected chi connectivity index (χ3v) is 3.61. The van der Waals surface area contributed by atoms with Gasteiger partial charge in [0.2, 0.25) is 0 Å². The first-order valence-corrected chi connectivity index (χ1v) is 7.34. The number of anilines is 1. The second-order valence-corrected chi connectivity index (χ2v) is 5.44. The number of carbonyl (C=O) groups is 1. The minimum Gasteiger partial charge on any atom is -0.444 e. The summed E-state index contributed by atoms with van der Waals surface area (Å²) in [6, 6.07) is 12.8. The number of ether oxygens (including phenoxy) is 1. The quantitative estimate of drug-likeness (QED) is 0.888. The monoisotopic (exact) mass is 298 g/mol. The smallest absolute Gasteiger partial charge is 0.411 e. The number of aromatic nitrogens is 1. The zero-order valence-electron chi connectivity index (χ0n) is 12.1. The van der Waals surface area contributed by atoms with Crippen LogP contribution >= 0.6 is 0 Å². The van der Waals surface area contributed by atoms with E-state index in [-0.39, 0.29) is 6.61 Å². The molecular weight excluding hydrogens is 280 g/mol. The Morgan fingerprint density at radius 1 is 1.32 bits per heavy atom. The van der Waals surface area contributed by atoms with Gasteiger partial charge < -0.3 is 9.84 Å². The first kappa shape index (κ1) is 14.5. The van der Waals surface area contributed by atoms with Crippen molar-refractivity contribution in [3.63, 3.8) is 0 Å². The van der Waals surface area contributed by atoms with Gasteiger partial charge in [0.05, 0.1) is 11.8 Å². The van der Waals surface area contributed by atoms with E-state index in [1.54, 1.807) is 18.3 Å². The molecule has 114 valence electrons. The Labute approximate surface area is 129 Å². The van der Waals surface area contributed by atoms with Crippen LogP contribution in [0.1, 0.15) is 30.2 Å². The summed E-state index contributed by atoms with van der Waals surface area (Å²) in [4.78, 5) is 16.0. The molecule has 1 aromatic heterocycles. The first-order valence-electron chi connectivity index (χ1n) is 7.34. The van der Waals surface area contributed by atoms with Crippen molar-refractivity contribution in [1.82, 2.24) is 4.98 Å². The second-order valence-electron chi connectivity index (χ2n) is 5.44. The van der Waals surface area contributed by atoms with Crippen molar-refractivity contribution in [3.8, 4) is 0 Å². The predicted molar refractivity (Wildman–Crippen MR) is 82.2 cm³/mol. The number of nitrogens with zero attached hydrogens (tertiary/aromatic N) is 1. The van der Waals surface area contributed by atoms with Gasteiger partial charge in [0.25, 0.3) is 0 Å². The number of hydrogen-bond donors (Lipinski definition) is 2. The lowest BCUT2D eigenvalue weighted by Gasteiger charge is -2.11. The zero-order chi connectivity index (χ0) is 15.4. The molecule has 1 amide bonds. The lowest BCUT2D eigenvalue weighted by Crippen LogP contribution is -2.14. The lowest BCUT2D eigenvalue weighted by atomic mass is 10.1. The van der Waals surface area contributed by atoms with Crippen LogP contribution in [-0.2, 0) is 11.3 Å². The highest BCUT2D eigenvalue weighted by Crippen LogP contribution is 2.40. The van der Waals surface area contributed by atoms with Gasteiger partial charge in [-0.25, -0.2) is 4.79 Å². The maximum absolute atomic E-state index is 11.8. The van der Waals surface area contributed by atoms with E-state index >= 15 is 0 Å². The summed E-state index contributed by atoms with van der Waals surface area (Å²) in [5.74, 6) is 0.299. The van der Waals surface area contributed by atoms with Crippen molar-refractivity contribution in [1.29, 1.82) is 0 Å². The molecule has 0 aliphatic heterocycles. The number of rotatable bonds is 5. The highest BCUT2D eigenvalue weighted by atomic mass is 16.5. The molecule has 22 heavy (non-hydrogen) atoms. The van der Waals surface area contributed by atoms with Gasteiger partial charge in [0, 0.05) is 11.9 Å². The number of pyridine rings is 1. The van der Waals surface area contributed by atoms with Crippen molar-refractivity contribution in [2.75, 3.05) is 5.32 Å². The molecule has 1 fully saturated rings. The molecule has 1 heterocycles. The molecule has 0 unspecified atom stereocenters. The molecule has 0 saturated heterocycles. The number of benzene rings is 1. The number of hydrogen-bond acceptors (Lipinski definition) is 4. The van der Waals surface area contributed by atoms with Crippen molar-refractivity contribution in [3.05, 3.63) is 59.9 Å². The van der Waals surface area contributed by atoms with E-state index in [9.17, 15) is 9.90 Å². The molecule has 0 spiro atoms. The van der Waals surface area contributed by atoms with Crippen LogP contribution in [0.2, 0.25) is 0 Å². The van der Waals surface area contributed by atoms with E-state index in [2.05, 4.69) is 10.3 Å². The Morgan fingerprint density at radius 2 is 2.09 bits per heavy atom. The van der Waals surface area contributed by atoms with Crippen molar-refractivity contribution >= 4 is 11.8 Å². The highest BCUT2D eigenvalue weighted by molar-refractivity contribution is 5.84. The van der Waals surface area contributed by atoms with E-state index in [1.165, 1.54) is 0 Å². The van der Waals surface area contributed by atoms with Crippen LogP contribution in [0.3, 0.4) is 0 Å². The van der Waals surface area contributed by atoms with Gasteiger partial charge in [-0.3, -0.25) is 10.3 Å². The summed E-state index contributed by atoms with van der Waals surface area (Å²) in [5.41, 5.74) is 2.09. The molecule has 5 heteroatoms. The van der Waals surface area contributed by atoms with E-state index in [4.69, 9.17) is 4.74 Å². The van der Waals surface area contributed by atoms with Crippen LogP contribution in [0.4, 0.5) is 10.5 Å². The number of aliphatic hydroxyl groups is 1. The molecule has 2 N–H and O–H groups in total. The summed E-state index contributed by atoms with van der Waals surface area (Å²) in [6.45, 7) is 0.218. The first-order chi connectivity index (χ1) is 10.7. The number of amides is 1. The Morgan fingerprint density at radius 3 is 2.82 bits per heavy atom. The highest BCUT2D eigenvalue weighted by Gasteiger charge is 2.31. The largest absolute Gasteiger partial charge is 0.444 e. The molecule has 1 saturated carbocycles. The minimum absolute atomic E-state index is 0.218. The van der Waals surface area contributed by atoms with Crippen LogP contribution in [0, 0.1) is 5.92 Å². The van der Waals surface area contributed by atoms with E-state index in [0.717, 1.165) is 18.4 Å². The van der Waals surface area contributed by atoms with E-state index < -0.39 is 12.2 Å². The van der Waals surface area contributed by atoms with Crippen LogP contribution < -0.4 is 5.32 Å². The maximum atomic E-state index is 11.8. The molecular formula is C17H18N2O3. The summed E-state index contributed by atoms with van der Waals surface area (Å²) in [6.07, 6.45) is 2.55. The van der Waals surface area contributed by atoms with Crippen LogP contribution in [0.5, 0.6) is 0 Å². The fourth-order valence-electron chi connectivity index (χ4n) is 2.22. The number of aliphatic hydroxyl groups excluding tert-OH is 1. The molecule has 5 nitrogen and oxygen atoms in total. The summed E-state index contributed by atoms with van der Waals surface area (Å²) in [7, 11) is 0. The average molecular weight is 298 g/mol. The van der Waals surface area contributed by atoms with Gasteiger partial charge in [-0.1, -0.05) is 30.3 Å². The Balaban J connectivity index is 1.55. The minimum atomic E-state index is -0.554. The van der Waals surface area contributed by atoms with Crippen molar-refractivity contribution in [2.24, 2.45) is 5.92 Å². The van der Waals surface area contributed by atoms with Crippen molar-refractivity contribution < 1.29 is 14.6 Å². The fourth-order valence-corrected chi connectivity index (χ4v) is 2.22. The van der Waals surface area contributed by atoms with E-state index in [0.29, 0.717) is 17.3 Å². The third-order valence-electron chi connectivity index (χ3n) is 3.61. The van der Waals surface area contributed by atoms with Gasteiger partial charge >= 0.3 is 6.09 Å². The van der Waals surface area contributed by atoms with Gasteiger partial charge in [0.1, 0.15) is 6.61 Å². The molecule has 1 aliphatic rings. The maximum Gasteiger partial charge on any atom is 0.411 e. The SMILES string of the molecule is O=C(Nc1ccnc([C@H](O)C2CC2)c1)OCc1ccccc1.